The number of fused-ring (bicyclic) bond motifs is 3. The molecule has 2 aliphatic rings. The largest absolute Gasteiger partial charge is 0.378 e. The minimum atomic E-state index is -0.854. The SMILES string of the molecule is O=C(Nc1c(F)cccc1F)c1cc2c(s1)-c1sccc1N(C(=O)c1ccc(NC(=O)c3cccnc3N3CCOCC3)cc1)CC2. The molecule has 2 aromatic carbocycles. The number of nitrogens with one attached hydrogen (secondary N) is 2. The fraction of sp³-hybridized carbons (Fsp3) is 0.176. The van der Waals surface area contributed by atoms with Gasteiger partial charge in [-0.25, -0.2) is 13.8 Å². The first-order valence-corrected chi connectivity index (χ1v) is 16.5. The maximum absolute atomic E-state index is 14.1. The number of morpholine rings is 1. The topological polar surface area (TPSA) is 104 Å². The first kappa shape index (κ1) is 30.7. The lowest BCUT2D eigenvalue weighted by atomic mass is 10.1. The van der Waals surface area contributed by atoms with Crippen molar-refractivity contribution < 1.29 is 27.9 Å². The second-order valence-electron chi connectivity index (χ2n) is 10.9. The van der Waals surface area contributed by atoms with Crippen molar-refractivity contribution in [2.75, 3.05) is 53.3 Å². The number of aromatic nitrogens is 1. The summed E-state index contributed by atoms with van der Waals surface area (Å²) in [5.41, 5.74) is 2.55. The molecule has 0 unspecified atom stereocenters. The van der Waals surface area contributed by atoms with Crippen LogP contribution in [0.5, 0.6) is 0 Å². The smallest absolute Gasteiger partial charge is 0.265 e. The number of hydrogen-bond acceptors (Lipinski definition) is 8. The summed E-state index contributed by atoms with van der Waals surface area (Å²) >= 11 is 2.67. The van der Waals surface area contributed by atoms with E-state index in [9.17, 15) is 23.2 Å². The van der Waals surface area contributed by atoms with Crippen LogP contribution in [0.1, 0.15) is 36.0 Å². The van der Waals surface area contributed by atoms with Gasteiger partial charge in [0.1, 0.15) is 23.1 Å². The summed E-state index contributed by atoms with van der Waals surface area (Å²) < 4.78 is 33.7. The van der Waals surface area contributed by atoms with E-state index in [1.165, 1.54) is 28.7 Å². The van der Waals surface area contributed by atoms with E-state index in [0.717, 1.165) is 33.1 Å². The minimum absolute atomic E-state index is 0.201. The molecule has 3 amide bonds. The number of pyridine rings is 1. The fourth-order valence-corrected chi connectivity index (χ4v) is 7.80. The van der Waals surface area contributed by atoms with Gasteiger partial charge in [-0.1, -0.05) is 6.07 Å². The number of nitrogens with zero attached hydrogens (tertiary/aromatic N) is 3. The van der Waals surface area contributed by atoms with Crippen LogP contribution >= 0.6 is 22.7 Å². The molecule has 0 spiro atoms. The summed E-state index contributed by atoms with van der Waals surface area (Å²) in [6.07, 6.45) is 2.14. The highest BCUT2D eigenvalue weighted by Crippen LogP contribution is 2.45. The number of ether oxygens (including phenoxy) is 1. The number of anilines is 4. The van der Waals surface area contributed by atoms with Gasteiger partial charge < -0.3 is 25.2 Å². The van der Waals surface area contributed by atoms with Gasteiger partial charge >= 0.3 is 0 Å². The van der Waals surface area contributed by atoms with Crippen LogP contribution in [0, 0.1) is 11.6 Å². The second-order valence-corrected chi connectivity index (χ2v) is 12.8. The summed E-state index contributed by atoms with van der Waals surface area (Å²) in [7, 11) is 0. The molecule has 3 aromatic heterocycles. The Morgan fingerprint density at radius 2 is 1.62 bits per heavy atom. The molecule has 47 heavy (non-hydrogen) atoms. The van der Waals surface area contributed by atoms with Crippen molar-refractivity contribution in [1.29, 1.82) is 0 Å². The van der Waals surface area contributed by atoms with Crippen LogP contribution in [-0.4, -0.2) is 55.6 Å². The number of halogens is 2. The Morgan fingerprint density at radius 1 is 0.851 bits per heavy atom. The van der Waals surface area contributed by atoms with Crippen LogP contribution < -0.4 is 20.4 Å². The van der Waals surface area contributed by atoms with Crippen LogP contribution in [0.3, 0.4) is 0 Å². The van der Waals surface area contributed by atoms with Crippen molar-refractivity contribution in [2.45, 2.75) is 6.42 Å². The Morgan fingerprint density at radius 3 is 2.38 bits per heavy atom. The zero-order valence-corrected chi connectivity index (χ0v) is 26.4. The molecule has 7 rings (SSSR count). The van der Waals surface area contributed by atoms with Gasteiger partial charge in [-0.15, -0.1) is 22.7 Å². The van der Waals surface area contributed by atoms with Crippen molar-refractivity contribution in [3.63, 3.8) is 0 Å². The Balaban J connectivity index is 1.06. The molecule has 1 saturated heterocycles. The van der Waals surface area contributed by atoms with Crippen LogP contribution in [0.25, 0.3) is 9.75 Å². The monoisotopic (exact) mass is 671 g/mol. The number of hydrogen-bond donors (Lipinski definition) is 2. The zero-order chi connectivity index (χ0) is 32.5. The van der Waals surface area contributed by atoms with Gasteiger partial charge in [-0.3, -0.25) is 14.4 Å². The predicted octanol–water partition coefficient (Wildman–Crippen LogP) is 6.69. The number of para-hydroxylation sites is 1. The van der Waals surface area contributed by atoms with E-state index in [4.69, 9.17) is 4.74 Å². The molecular formula is C34H27F2N5O4S2. The third-order valence-corrected chi connectivity index (χ3v) is 10.2. The van der Waals surface area contributed by atoms with Crippen molar-refractivity contribution in [3.8, 4) is 9.75 Å². The molecule has 5 heterocycles. The Hall–Kier alpha value is -4.98. The van der Waals surface area contributed by atoms with E-state index in [1.54, 1.807) is 53.6 Å². The van der Waals surface area contributed by atoms with Crippen LogP contribution in [0.15, 0.2) is 78.3 Å². The van der Waals surface area contributed by atoms with Crippen LogP contribution in [0.2, 0.25) is 0 Å². The molecule has 1 fully saturated rings. The molecule has 0 radical (unpaired) electrons. The predicted molar refractivity (Wildman–Crippen MR) is 179 cm³/mol. The third kappa shape index (κ3) is 6.12. The molecule has 2 aliphatic heterocycles. The molecule has 0 bridgehead atoms. The standard InChI is InChI=1S/C34H27F2N5O4S2/c35-24-4-1-5-25(36)28(24)39-33(43)27-19-21-10-13-41(26-11-18-46-30(26)29(21)47-27)34(44)20-6-8-22(9-7-20)38-32(42)23-3-2-12-37-31(23)40-14-16-45-17-15-40/h1-9,11-12,18-19H,10,13-17H2,(H,38,42)(H,39,43). The Labute approximate surface area is 276 Å². The van der Waals surface area contributed by atoms with Gasteiger partial charge in [0.15, 0.2) is 0 Å². The normalized spacial score (nSPS) is 14.2. The summed E-state index contributed by atoms with van der Waals surface area (Å²) in [6.45, 7) is 2.80. The second kappa shape index (κ2) is 13.0. The lowest BCUT2D eigenvalue weighted by Gasteiger charge is -2.29. The van der Waals surface area contributed by atoms with E-state index < -0.39 is 23.2 Å². The van der Waals surface area contributed by atoms with Crippen molar-refractivity contribution >= 4 is 63.3 Å². The Bertz CT molecular complexity index is 1970. The quantitative estimate of drug-likeness (QED) is 0.209. The molecule has 2 N–H and O–H groups in total. The molecule has 0 aliphatic carbocycles. The first-order valence-electron chi connectivity index (χ1n) is 14.8. The lowest BCUT2D eigenvalue weighted by molar-refractivity contribution is 0.0985. The number of carbonyl (C=O) groups is 3. The average molecular weight is 672 g/mol. The van der Waals surface area contributed by atoms with Crippen LogP contribution in [0.4, 0.5) is 31.7 Å². The maximum atomic E-state index is 14.1. The number of carbonyl (C=O) groups excluding carboxylic acids is 3. The summed E-state index contributed by atoms with van der Waals surface area (Å²) in [6, 6.07) is 17.2. The highest BCUT2D eigenvalue weighted by atomic mass is 32.1. The minimum Gasteiger partial charge on any atom is -0.378 e. The van der Waals surface area contributed by atoms with E-state index >= 15 is 0 Å². The number of amides is 3. The molecule has 9 nitrogen and oxygen atoms in total. The van der Waals surface area contributed by atoms with Crippen molar-refractivity contribution in [2.24, 2.45) is 0 Å². The van der Waals surface area contributed by atoms with Gasteiger partial charge in [0.25, 0.3) is 17.7 Å². The molecule has 5 aromatic rings. The Kier molecular flexibility index (Phi) is 8.50. The molecule has 13 heteroatoms. The lowest BCUT2D eigenvalue weighted by Crippen LogP contribution is -2.38. The third-order valence-electron chi connectivity index (χ3n) is 7.96. The average Bonchev–Trinajstić information content (AvgIpc) is 3.72. The van der Waals surface area contributed by atoms with Gasteiger partial charge in [-0.2, -0.15) is 0 Å². The highest BCUT2D eigenvalue weighted by molar-refractivity contribution is 7.23. The van der Waals surface area contributed by atoms with Crippen molar-refractivity contribution in [3.05, 3.63) is 112 Å². The maximum Gasteiger partial charge on any atom is 0.265 e. The molecular weight excluding hydrogens is 645 g/mol. The molecule has 238 valence electrons. The van der Waals surface area contributed by atoms with E-state index in [-0.39, 0.29) is 11.8 Å². The number of benzene rings is 2. The fourth-order valence-electron chi connectivity index (χ4n) is 5.61. The van der Waals surface area contributed by atoms with Gasteiger partial charge in [-0.05, 0) is 78.0 Å². The van der Waals surface area contributed by atoms with Gasteiger partial charge in [0.05, 0.1) is 39.1 Å². The summed E-state index contributed by atoms with van der Waals surface area (Å²) in [4.78, 5) is 50.1. The summed E-state index contributed by atoms with van der Waals surface area (Å²) in [5, 5.41) is 7.15. The van der Waals surface area contributed by atoms with E-state index in [1.807, 2.05) is 16.3 Å². The summed E-state index contributed by atoms with van der Waals surface area (Å²) in [5.74, 6) is -2.21. The van der Waals surface area contributed by atoms with Gasteiger partial charge in [0, 0.05) is 37.1 Å². The molecule has 0 saturated carbocycles. The van der Waals surface area contributed by atoms with Crippen LogP contribution in [-0.2, 0) is 11.2 Å². The van der Waals surface area contributed by atoms with E-state index in [0.29, 0.717) is 66.8 Å². The van der Waals surface area contributed by atoms with E-state index in [2.05, 4.69) is 15.6 Å². The highest BCUT2D eigenvalue weighted by Gasteiger charge is 2.29. The number of thiophene rings is 2. The van der Waals surface area contributed by atoms with Gasteiger partial charge in [0.2, 0.25) is 0 Å². The molecule has 0 atom stereocenters. The van der Waals surface area contributed by atoms with Crippen molar-refractivity contribution in [1.82, 2.24) is 4.98 Å². The number of rotatable bonds is 6. The first-order chi connectivity index (χ1) is 22.9. The zero-order valence-electron chi connectivity index (χ0n) is 24.8.